The summed E-state index contributed by atoms with van der Waals surface area (Å²) >= 11 is 5.07. The second kappa shape index (κ2) is 5.88. The quantitative estimate of drug-likeness (QED) is 0.275. The van der Waals surface area contributed by atoms with E-state index in [9.17, 15) is 15.0 Å². The molecule has 1 aliphatic rings. The minimum Gasteiger partial charge on any atom is -0.486 e. The van der Waals surface area contributed by atoms with Gasteiger partial charge in [0.25, 0.3) is 5.69 Å². The van der Waals surface area contributed by atoms with Crippen molar-refractivity contribution in [1.29, 1.82) is 0 Å². The zero-order valence-corrected chi connectivity index (χ0v) is 11.4. The number of non-ortho nitro benzene ring substituents is 1. The number of amidine groups is 1. The Hall–Kier alpha value is -2.13. The average Bonchev–Trinajstić information content (AvgIpc) is 2.43. The summed E-state index contributed by atoms with van der Waals surface area (Å²) in [6.07, 6.45) is 0.606. The molecule has 9 heteroatoms. The van der Waals surface area contributed by atoms with Gasteiger partial charge in [-0.05, 0) is 10.6 Å². The van der Waals surface area contributed by atoms with Crippen molar-refractivity contribution < 1.29 is 14.0 Å². The Balaban J connectivity index is 2.21. The molecule has 1 aromatic rings. The van der Waals surface area contributed by atoms with Crippen LogP contribution in [0.3, 0.4) is 0 Å². The van der Waals surface area contributed by atoms with Gasteiger partial charge in [0.2, 0.25) is 6.67 Å². The molecule has 0 radical (unpaired) electrons. The molecule has 2 atom stereocenters. The van der Waals surface area contributed by atoms with Gasteiger partial charge < -0.3 is 17.1 Å². The number of hydrogen-bond donors (Lipinski definition) is 1. The maximum atomic E-state index is 11.8. The summed E-state index contributed by atoms with van der Waals surface area (Å²) in [5.74, 6) is 0.319. The highest BCUT2D eigenvalue weighted by molar-refractivity contribution is 7.51. The maximum absolute atomic E-state index is 11.8. The van der Waals surface area contributed by atoms with Gasteiger partial charge in [-0.3, -0.25) is 10.1 Å². The predicted molar refractivity (Wildman–Crippen MR) is 74.4 cm³/mol. The molecule has 0 fully saturated rings. The number of benzene rings is 1. The van der Waals surface area contributed by atoms with Gasteiger partial charge in [-0.2, -0.15) is 4.99 Å². The van der Waals surface area contributed by atoms with Gasteiger partial charge in [0.1, 0.15) is 0 Å². The normalized spacial score (nSPS) is 22.9. The van der Waals surface area contributed by atoms with E-state index < -0.39 is 11.2 Å². The Labute approximate surface area is 120 Å². The fourth-order valence-corrected chi connectivity index (χ4v) is 1.89. The third-order valence-corrected chi connectivity index (χ3v) is 3.08. The summed E-state index contributed by atoms with van der Waals surface area (Å²) in [5, 5.41) is 10.7. The minimum absolute atomic E-state index is 0.0307. The Morgan fingerprint density at radius 2 is 2.40 bits per heavy atom. The predicted octanol–water partition coefficient (Wildman–Crippen LogP) is -0.187. The van der Waals surface area contributed by atoms with E-state index in [0.717, 1.165) is 0 Å². The molecule has 1 N–H and O–H groups in total. The largest absolute Gasteiger partial charge is 0.486 e. The SMILES string of the molecule is CC1=NC[NH+]([S-])C(N=Cc2cccc([N+](=O)[O-])c2)[N+]1=O. The smallest absolute Gasteiger partial charge is 0.356 e. The Kier molecular flexibility index (Phi) is 4.20. The first-order valence-corrected chi connectivity index (χ1v) is 6.17. The lowest BCUT2D eigenvalue weighted by molar-refractivity contribution is -0.897. The molecule has 2 rings (SSSR count). The Morgan fingerprint density at radius 3 is 3.10 bits per heavy atom. The van der Waals surface area contributed by atoms with Crippen molar-refractivity contribution in [3.63, 3.8) is 0 Å². The molecule has 0 amide bonds. The number of nitrogens with one attached hydrogen (secondary N) is 1. The first-order valence-electron chi connectivity index (χ1n) is 5.77. The van der Waals surface area contributed by atoms with Crippen LogP contribution in [0, 0.1) is 15.0 Å². The molecular formula is C11H12N5O3S+. The van der Waals surface area contributed by atoms with Gasteiger partial charge >= 0.3 is 12.1 Å². The van der Waals surface area contributed by atoms with Crippen LogP contribution in [0.4, 0.5) is 5.69 Å². The van der Waals surface area contributed by atoms with Crippen LogP contribution in [0.25, 0.3) is 0 Å². The zero-order chi connectivity index (χ0) is 14.7. The highest BCUT2D eigenvalue weighted by Crippen LogP contribution is 2.11. The zero-order valence-electron chi connectivity index (χ0n) is 10.6. The molecule has 0 saturated carbocycles. The van der Waals surface area contributed by atoms with Crippen molar-refractivity contribution in [3.05, 3.63) is 44.9 Å². The van der Waals surface area contributed by atoms with Crippen molar-refractivity contribution >= 4 is 30.6 Å². The van der Waals surface area contributed by atoms with Crippen molar-refractivity contribution in [2.45, 2.75) is 13.2 Å². The van der Waals surface area contributed by atoms with E-state index >= 15 is 0 Å². The van der Waals surface area contributed by atoms with Crippen LogP contribution in [0.2, 0.25) is 0 Å². The van der Waals surface area contributed by atoms with E-state index in [1.54, 1.807) is 19.1 Å². The van der Waals surface area contributed by atoms with Gasteiger partial charge in [-0.15, -0.1) is 0 Å². The van der Waals surface area contributed by atoms with E-state index in [1.165, 1.54) is 18.3 Å². The molecule has 0 saturated heterocycles. The first-order chi connectivity index (χ1) is 9.49. The molecule has 0 spiro atoms. The fourth-order valence-electron chi connectivity index (χ4n) is 1.67. The second-order valence-electron chi connectivity index (χ2n) is 4.16. The summed E-state index contributed by atoms with van der Waals surface area (Å²) in [7, 11) is 0. The van der Waals surface area contributed by atoms with Gasteiger partial charge in [-0.25, -0.2) is 0 Å². The maximum Gasteiger partial charge on any atom is 0.356 e. The van der Waals surface area contributed by atoms with Crippen LogP contribution in [0.5, 0.6) is 0 Å². The lowest BCUT2D eigenvalue weighted by Gasteiger charge is -2.24. The van der Waals surface area contributed by atoms with E-state index in [2.05, 4.69) is 9.98 Å². The molecule has 1 aliphatic heterocycles. The van der Waals surface area contributed by atoms with Crippen LogP contribution in [-0.2, 0) is 12.8 Å². The van der Waals surface area contributed by atoms with Gasteiger partial charge in [0, 0.05) is 25.3 Å². The molecule has 0 aliphatic carbocycles. The number of quaternary nitrogens is 1. The summed E-state index contributed by atoms with van der Waals surface area (Å²) in [4.78, 5) is 30.1. The molecule has 2 unspecified atom stereocenters. The molecule has 0 bridgehead atoms. The minimum atomic E-state index is -0.804. The Bertz CT molecular complexity index is 616. The van der Waals surface area contributed by atoms with Crippen LogP contribution >= 0.6 is 0 Å². The standard InChI is InChI=1S/C11H12N5O3S/c1-8-13-7-14(20)11(15(8)17)12-6-9-3-2-4-10(5-9)16(18)19/h2-6,11,14H,7H2,1H3/q+1. The number of nitro benzene ring substituents is 1. The Morgan fingerprint density at radius 1 is 1.65 bits per heavy atom. The topological polar surface area (TPSA) is 92.4 Å². The van der Waals surface area contributed by atoms with E-state index in [-0.39, 0.29) is 12.4 Å². The summed E-state index contributed by atoms with van der Waals surface area (Å²) in [5.41, 5.74) is 0.507. The molecule has 20 heavy (non-hydrogen) atoms. The third kappa shape index (κ3) is 3.06. The highest BCUT2D eigenvalue weighted by Gasteiger charge is 2.33. The molecular weight excluding hydrogens is 282 g/mol. The van der Waals surface area contributed by atoms with Gasteiger partial charge in [0.05, 0.1) is 9.68 Å². The van der Waals surface area contributed by atoms with Crippen LogP contribution < -0.4 is 4.31 Å². The van der Waals surface area contributed by atoms with E-state index in [0.29, 0.717) is 20.5 Å². The molecule has 1 aromatic carbocycles. The number of rotatable bonds is 3. The fraction of sp³-hybridized carbons (Fsp3) is 0.273. The number of nitro groups is 1. The highest BCUT2D eigenvalue weighted by atomic mass is 32.1. The second-order valence-corrected chi connectivity index (χ2v) is 4.68. The van der Waals surface area contributed by atoms with E-state index in [4.69, 9.17) is 12.8 Å². The summed E-state index contributed by atoms with van der Waals surface area (Å²) in [6.45, 7) is 1.88. The number of hydrogen-bond acceptors (Lipinski definition) is 6. The molecule has 0 aromatic heterocycles. The van der Waals surface area contributed by atoms with Crippen LogP contribution in [0.15, 0.2) is 34.3 Å². The summed E-state index contributed by atoms with van der Waals surface area (Å²) in [6, 6.07) is 5.99. The molecule has 8 nitrogen and oxygen atoms in total. The van der Waals surface area contributed by atoms with Crippen molar-refractivity contribution in [2.24, 2.45) is 9.98 Å². The van der Waals surface area contributed by atoms with E-state index in [1.807, 2.05) is 0 Å². The molecule has 104 valence electrons. The van der Waals surface area contributed by atoms with Crippen molar-refractivity contribution in [3.8, 4) is 0 Å². The number of aliphatic imine (C=N–C) groups is 2. The summed E-state index contributed by atoms with van der Waals surface area (Å²) < 4.78 is 1.06. The van der Waals surface area contributed by atoms with Gasteiger partial charge in [-0.1, -0.05) is 17.0 Å². The van der Waals surface area contributed by atoms with Crippen LogP contribution in [0.1, 0.15) is 12.5 Å². The van der Waals surface area contributed by atoms with Crippen LogP contribution in [-0.4, -0.2) is 34.7 Å². The first kappa shape index (κ1) is 14.3. The van der Waals surface area contributed by atoms with Gasteiger partial charge in [0.15, 0.2) is 0 Å². The third-order valence-electron chi connectivity index (χ3n) is 2.74. The number of nitrogens with zero attached hydrogens (tertiary/aromatic N) is 4. The lowest BCUT2D eigenvalue weighted by Crippen LogP contribution is -3.13. The monoisotopic (exact) mass is 294 g/mol. The van der Waals surface area contributed by atoms with Crippen molar-refractivity contribution in [2.75, 3.05) is 6.67 Å². The van der Waals surface area contributed by atoms with Crippen molar-refractivity contribution in [1.82, 2.24) is 0 Å². The molecule has 1 heterocycles. The average molecular weight is 294 g/mol. The lowest BCUT2D eigenvalue weighted by atomic mass is 10.2. The number of nitroso groups, excluding NO2 is 1.